The van der Waals surface area contributed by atoms with Crippen molar-refractivity contribution in [2.75, 3.05) is 5.32 Å². The molecule has 0 aliphatic carbocycles. The van der Waals surface area contributed by atoms with E-state index in [-0.39, 0.29) is 18.6 Å². The van der Waals surface area contributed by atoms with Gasteiger partial charge in [-0.2, -0.15) is 5.10 Å². The number of nitrogens with zero attached hydrogens (tertiary/aromatic N) is 6. The number of nitrogens with one attached hydrogen (secondary N) is 1. The van der Waals surface area contributed by atoms with Gasteiger partial charge < -0.3 is 19.9 Å². The summed E-state index contributed by atoms with van der Waals surface area (Å²) >= 11 is 6.56. The van der Waals surface area contributed by atoms with E-state index < -0.39 is 0 Å². The molecule has 0 radical (unpaired) electrons. The minimum atomic E-state index is -0.112. The summed E-state index contributed by atoms with van der Waals surface area (Å²) in [4.78, 5) is 24.7. The van der Waals surface area contributed by atoms with Crippen molar-refractivity contribution < 1.29 is 9.90 Å². The third kappa shape index (κ3) is 4.97. The number of aromatic nitrogens is 5. The topological polar surface area (TPSA) is 101 Å². The summed E-state index contributed by atoms with van der Waals surface area (Å²) in [6.07, 6.45) is 7.13. The monoisotopic (exact) mass is 519 g/mol. The van der Waals surface area contributed by atoms with Gasteiger partial charge in [-0.1, -0.05) is 31.0 Å². The molecule has 4 aromatic heterocycles. The highest BCUT2D eigenvalue weighted by molar-refractivity contribution is 6.33. The number of halogens is 1. The van der Waals surface area contributed by atoms with E-state index in [0.29, 0.717) is 29.6 Å². The van der Waals surface area contributed by atoms with E-state index in [9.17, 15) is 9.90 Å². The van der Waals surface area contributed by atoms with Crippen molar-refractivity contribution in [1.29, 1.82) is 0 Å². The van der Waals surface area contributed by atoms with Crippen molar-refractivity contribution in [3.63, 3.8) is 0 Å². The zero-order valence-corrected chi connectivity index (χ0v) is 21.9. The summed E-state index contributed by atoms with van der Waals surface area (Å²) in [6, 6.07) is 9.41. The summed E-state index contributed by atoms with van der Waals surface area (Å²) in [5.74, 6) is 1.38. The summed E-state index contributed by atoms with van der Waals surface area (Å²) in [7, 11) is 1.85. The molecule has 1 aliphatic rings. The number of hydrogen-bond donors (Lipinski definition) is 2. The summed E-state index contributed by atoms with van der Waals surface area (Å²) in [6.45, 7) is 4.96. The Bertz CT molecular complexity index is 1440. The first kappa shape index (κ1) is 25.0. The van der Waals surface area contributed by atoms with Crippen molar-refractivity contribution in [3.05, 3.63) is 76.6 Å². The molecule has 1 atom stereocenters. The summed E-state index contributed by atoms with van der Waals surface area (Å²) in [5.41, 5.74) is 4.59. The second kappa shape index (κ2) is 10.4. The Morgan fingerprint density at radius 3 is 2.81 bits per heavy atom. The highest BCUT2D eigenvalue weighted by Crippen LogP contribution is 2.34. The summed E-state index contributed by atoms with van der Waals surface area (Å²) < 4.78 is 3.75. The van der Waals surface area contributed by atoms with Crippen molar-refractivity contribution in [2.45, 2.75) is 52.4 Å². The van der Waals surface area contributed by atoms with Gasteiger partial charge in [0.25, 0.3) is 5.91 Å². The first-order chi connectivity index (χ1) is 17.9. The molecule has 37 heavy (non-hydrogen) atoms. The van der Waals surface area contributed by atoms with Crippen LogP contribution < -0.4 is 5.32 Å². The second-order valence-corrected chi connectivity index (χ2v) is 9.78. The molecule has 0 spiro atoms. The van der Waals surface area contributed by atoms with E-state index in [1.807, 2.05) is 60.0 Å². The minimum Gasteiger partial charge on any atom is -0.392 e. The Morgan fingerprint density at radius 2 is 2.08 bits per heavy atom. The molecule has 5 rings (SSSR count). The fourth-order valence-corrected chi connectivity index (χ4v) is 5.06. The SMILES string of the molecule is CCCC1Cn2cc(-c3cc(Nc4ccnn4C)ncc3Cl)cc2C(=O)N1Cc1nc(C)ccc1CO. The number of anilines is 2. The van der Waals surface area contributed by atoms with Crippen molar-refractivity contribution >= 4 is 29.1 Å². The van der Waals surface area contributed by atoms with Crippen LogP contribution >= 0.6 is 11.6 Å². The van der Waals surface area contributed by atoms with Gasteiger partial charge in [-0.15, -0.1) is 0 Å². The third-order valence-electron chi connectivity index (χ3n) is 6.79. The molecule has 192 valence electrons. The van der Waals surface area contributed by atoms with E-state index in [0.717, 1.165) is 46.7 Å². The lowest BCUT2D eigenvalue weighted by atomic mass is 10.0. The van der Waals surface area contributed by atoms with Crippen LogP contribution in [0.25, 0.3) is 11.1 Å². The molecule has 0 aromatic carbocycles. The number of carbonyl (C=O) groups excluding carboxylic acids is 1. The highest BCUT2D eigenvalue weighted by Gasteiger charge is 2.33. The van der Waals surface area contributed by atoms with Gasteiger partial charge in [0.2, 0.25) is 0 Å². The molecule has 0 bridgehead atoms. The van der Waals surface area contributed by atoms with Crippen LogP contribution in [0.5, 0.6) is 0 Å². The molecular formula is C27H30ClN7O2. The highest BCUT2D eigenvalue weighted by atomic mass is 35.5. The van der Waals surface area contributed by atoms with E-state index in [1.165, 1.54) is 0 Å². The van der Waals surface area contributed by atoms with Gasteiger partial charge in [-0.05, 0) is 31.5 Å². The van der Waals surface area contributed by atoms with Crippen molar-refractivity contribution in [1.82, 2.24) is 29.2 Å². The fourth-order valence-electron chi connectivity index (χ4n) is 4.85. The van der Waals surface area contributed by atoms with Gasteiger partial charge in [0.15, 0.2) is 0 Å². The number of aryl methyl sites for hydroxylation is 2. The zero-order valence-electron chi connectivity index (χ0n) is 21.1. The molecule has 1 aliphatic heterocycles. The van der Waals surface area contributed by atoms with E-state index in [1.54, 1.807) is 17.1 Å². The predicted molar refractivity (Wildman–Crippen MR) is 143 cm³/mol. The Labute approximate surface area is 220 Å². The lowest BCUT2D eigenvalue weighted by Crippen LogP contribution is -2.47. The quantitative estimate of drug-likeness (QED) is 0.350. The lowest BCUT2D eigenvalue weighted by molar-refractivity contribution is 0.0554. The zero-order chi connectivity index (χ0) is 26.1. The second-order valence-electron chi connectivity index (χ2n) is 9.37. The van der Waals surface area contributed by atoms with Crippen molar-refractivity contribution in [2.24, 2.45) is 7.05 Å². The van der Waals surface area contributed by atoms with Crippen LogP contribution in [0.1, 0.15) is 47.2 Å². The number of amides is 1. The van der Waals surface area contributed by atoms with Gasteiger partial charge in [-0.25, -0.2) is 4.98 Å². The van der Waals surface area contributed by atoms with Crippen LogP contribution in [-0.2, 0) is 26.7 Å². The van der Waals surface area contributed by atoms with E-state index in [4.69, 9.17) is 11.6 Å². The average molecular weight is 520 g/mol. The molecule has 9 nitrogen and oxygen atoms in total. The Balaban J connectivity index is 1.47. The Kier molecular flexibility index (Phi) is 6.99. The van der Waals surface area contributed by atoms with Crippen LogP contribution in [0, 0.1) is 6.92 Å². The molecule has 1 amide bonds. The predicted octanol–water partition coefficient (Wildman–Crippen LogP) is 4.70. The lowest BCUT2D eigenvalue weighted by Gasteiger charge is -2.36. The normalized spacial score (nSPS) is 15.2. The van der Waals surface area contributed by atoms with Gasteiger partial charge in [0.05, 0.1) is 36.1 Å². The average Bonchev–Trinajstić information content (AvgIpc) is 3.49. The first-order valence-electron chi connectivity index (χ1n) is 12.4. The van der Waals surface area contributed by atoms with E-state index in [2.05, 4.69) is 27.3 Å². The maximum atomic E-state index is 13.8. The van der Waals surface area contributed by atoms with Crippen molar-refractivity contribution in [3.8, 4) is 11.1 Å². The molecule has 5 heterocycles. The number of pyridine rings is 2. The molecule has 4 aromatic rings. The summed E-state index contributed by atoms with van der Waals surface area (Å²) in [5, 5.41) is 17.8. The maximum absolute atomic E-state index is 13.8. The van der Waals surface area contributed by atoms with Gasteiger partial charge in [0, 0.05) is 54.4 Å². The first-order valence-corrected chi connectivity index (χ1v) is 12.7. The molecule has 10 heteroatoms. The number of aliphatic hydroxyl groups excluding tert-OH is 1. The smallest absolute Gasteiger partial charge is 0.271 e. The number of hydrogen-bond acceptors (Lipinski definition) is 6. The van der Waals surface area contributed by atoms with Gasteiger partial charge in [0.1, 0.15) is 17.3 Å². The minimum absolute atomic E-state index is 0.0223. The van der Waals surface area contributed by atoms with Gasteiger partial charge in [-0.3, -0.25) is 14.5 Å². The third-order valence-corrected chi connectivity index (χ3v) is 7.09. The molecule has 0 saturated heterocycles. The van der Waals surface area contributed by atoms with Crippen LogP contribution in [0.4, 0.5) is 11.6 Å². The molecular weight excluding hydrogens is 490 g/mol. The van der Waals surface area contributed by atoms with Crippen LogP contribution in [0.3, 0.4) is 0 Å². The molecule has 0 saturated carbocycles. The Hall–Kier alpha value is -3.69. The fraction of sp³-hybridized carbons (Fsp3) is 0.333. The largest absolute Gasteiger partial charge is 0.392 e. The maximum Gasteiger partial charge on any atom is 0.271 e. The van der Waals surface area contributed by atoms with Crippen LogP contribution in [0.2, 0.25) is 5.02 Å². The van der Waals surface area contributed by atoms with Crippen LogP contribution in [0.15, 0.2) is 48.9 Å². The molecule has 2 N–H and O–H groups in total. The van der Waals surface area contributed by atoms with Gasteiger partial charge >= 0.3 is 0 Å². The number of rotatable bonds is 8. The number of aliphatic hydroxyl groups is 1. The van der Waals surface area contributed by atoms with Crippen LogP contribution in [-0.4, -0.2) is 46.3 Å². The molecule has 1 unspecified atom stereocenters. The Morgan fingerprint density at radius 1 is 1.24 bits per heavy atom. The number of carbonyl (C=O) groups is 1. The standard InChI is InChI=1S/C27H30ClN7O2/c1-4-5-20-14-34-13-19(21-11-25(29-12-22(21)28)32-26-8-9-30-33(26)3)10-24(34)27(37)35(20)15-23-18(16-36)7-6-17(2)31-23/h6-13,20,36H,4-5,14-16H2,1-3H3,(H,29,32). The molecule has 0 fully saturated rings. The van der Waals surface area contributed by atoms with E-state index >= 15 is 0 Å². The number of fused-ring (bicyclic) bond motifs is 1.